The van der Waals surface area contributed by atoms with Gasteiger partial charge in [0.15, 0.2) is 0 Å². The van der Waals surface area contributed by atoms with Gasteiger partial charge in [-0.1, -0.05) is 31.8 Å². The number of hydrogen-bond acceptors (Lipinski definition) is 3. The minimum Gasteiger partial charge on any atom is -0.302 e. The van der Waals surface area contributed by atoms with E-state index in [1.54, 1.807) is 0 Å². The van der Waals surface area contributed by atoms with E-state index in [9.17, 15) is 0 Å². The molecule has 0 aliphatic heterocycles. The van der Waals surface area contributed by atoms with Gasteiger partial charge in [0.2, 0.25) is 0 Å². The average molecular weight is 253 g/mol. The number of nitrogens with one attached hydrogen (secondary N) is 1. The minimum atomic E-state index is 0.242. The van der Waals surface area contributed by atoms with Crippen LogP contribution in [0.5, 0.6) is 0 Å². The Morgan fingerprint density at radius 2 is 1.89 bits per heavy atom. The van der Waals surface area contributed by atoms with Gasteiger partial charge in [-0.2, -0.15) is 0 Å². The Kier molecular flexibility index (Phi) is 6.90. The van der Waals surface area contributed by atoms with Gasteiger partial charge in [0.05, 0.1) is 0 Å². The van der Waals surface area contributed by atoms with Crippen LogP contribution < -0.4 is 11.3 Å². The molecule has 1 rings (SSSR count). The third-order valence-electron chi connectivity index (χ3n) is 4.61. The van der Waals surface area contributed by atoms with Crippen LogP contribution in [-0.4, -0.2) is 30.6 Å². The van der Waals surface area contributed by atoms with Gasteiger partial charge >= 0.3 is 0 Å². The molecule has 0 aromatic heterocycles. The summed E-state index contributed by atoms with van der Waals surface area (Å²) in [6.07, 6.45) is 13.3. The van der Waals surface area contributed by atoms with E-state index in [4.69, 9.17) is 5.84 Å². The second-order valence-corrected chi connectivity index (χ2v) is 5.85. The van der Waals surface area contributed by atoms with Gasteiger partial charge in [-0.15, -0.1) is 6.58 Å². The predicted octanol–water partition coefficient (Wildman–Crippen LogP) is 2.83. The van der Waals surface area contributed by atoms with Crippen LogP contribution >= 0.6 is 0 Å². The fraction of sp³-hybridized carbons (Fsp3) is 0.867. The van der Waals surface area contributed by atoms with E-state index < -0.39 is 0 Å². The van der Waals surface area contributed by atoms with Gasteiger partial charge in [0.25, 0.3) is 0 Å². The second kappa shape index (κ2) is 7.93. The molecule has 3 N–H and O–H groups in total. The molecule has 1 aliphatic rings. The molecule has 1 unspecified atom stereocenters. The summed E-state index contributed by atoms with van der Waals surface area (Å²) >= 11 is 0. The molecule has 1 fully saturated rings. The number of allylic oxidation sites excluding steroid dienone is 1. The Balaban J connectivity index is 2.74. The summed E-state index contributed by atoms with van der Waals surface area (Å²) in [5.74, 6) is 5.86. The van der Waals surface area contributed by atoms with E-state index in [0.717, 1.165) is 12.8 Å². The molecule has 0 bridgehead atoms. The second-order valence-electron chi connectivity index (χ2n) is 5.85. The smallest absolute Gasteiger partial charge is 0.0394 e. The zero-order valence-corrected chi connectivity index (χ0v) is 12.3. The van der Waals surface area contributed by atoms with Gasteiger partial charge in [0, 0.05) is 11.6 Å². The van der Waals surface area contributed by atoms with Crippen molar-refractivity contribution in [1.82, 2.24) is 10.3 Å². The summed E-state index contributed by atoms with van der Waals surface area (Å²) in [5, 5.41) is 0. The lowest BCUT2D eigenvalue weighted by molar-refractivity contribution is 0.0754. The normalized spacial score (nSPS) is 21.6. The van der Waals surface area contributed by atoms with Crippen LogP contribution in [0.4, 0.5) is 0 Å². The van der Waals surface area contributed by atoms with Crippen molar-refractivity contribution in [3.05, 3.63) is 12.7 Å². The molecule has 3 nitrogen and oxygen atoms in total. The summed E-state index contributed by atoms with van der Waals surface area (Å²) in [6.45, 7) is 3.80. The zero-order valence-electron chi connectivity index (χ0n) is 12.3. The van der Waals surface area contributed by atoms with Crippen LogP contribution in [0.3, 0.4) is 0 Å². The molecule has 1 atom stereocenters. The summed E-state index contributed by atoms with van der Waals surface area (Å²) in [5.41, 5.74) is 3.35. The average Bonchev–Trinajstić information content (AvgIpc) is 2.61. The fourth-order valence-corrected chi connectivity index (χ4v) is 3.42. The van der Waals surface area contributed by atoms with Gasteiger partial charge < -0.3 is 4.90 Å². The highest BCUT2D eigenvalue weighted by Gasteiger charge is 2.39. The standard InChI is InChI=1S/C15H31N3/c1-4-5-8-11-14(17-16)15(18(2)3)12-9-6-7-10-13-15/h4,14,17H,1,5-13,16H2,2-3H3. The Bertz CT molecular complexity index is 230. The molecule has 1 saturated carbocycles. The minimum absolute atomic E-state index is 0.242. The van der Waals surface area contributed by atoms with Crippen molar-refractivity contribution in [2.45, 2.75) is 69.4 Å². The van der Waals surface area contributed by atoms with Crippen molar-refractivity contribution in [1.29, 1.82) is 0 Å². The van der Waals surface area contributed by atoms with Crippen molar-refractivity contribution < 1.29 is 0 Å². The number of hydrazine groups is 1. The van der Waals surface area contributed by atoms with Crippen LogP contribution in [0.2, 0.25) is 0 Å². The van der Waals surface area contributed by atoms with E-state index in [0.29, 0.717) is 6.04 Å². The lowest BCUT2D eigenvalue weighted by atomic mass is 9.79. The van der Waals surface area contributed by atoms with Gasteiger partial charge in [0.1, 0.15) is 0 Å². The van der Waals surface area contributed by atoms with Gasteiger partial charge in [-0.3, -0.25) is 11.3 Å². The Morgan fingerprint density at radius 3 is 2.33 bits per heavy atom. The van der Waals surface area contributed by atoms with Crippen LogP contribution in [0.1, 0.15) is 57.8 Å². The zero-order chi connectivity index (χ0) is 13.4. The largest absolute Gasteiger partial charge is 0.302 e. The third-order valence-corrected chi connectivity index (χ3v) is 4.61. The van der Waals surface area contributed by atoms with Gasteiger partial charge in [-0.05, 0) is 46.2 Å². The summed E-state index contributed by atoms with van der Waals surface area (Å²) in [6, 6.07) is 0.394. The van der Waals surface area contributed by atoms with Crippen molar-refractivity contribution in [3.8, 4) is 0 Å². The van der Waals surface area contributed by atoms with Crippen molar-refractivity contribution >= 4 is 0 Å². The molecule has 0 heterocycles. The molecule has 18 heavy (non-hydrogen) atoms. The lowest BCUT2D eigenvalue weighted by Crippen LogP contribution is -2.60. The summed E-state index contributed by atoms with van der Waals surface area (Å²) in [7, 11) is 4.42. The van der Waals surface area contributed by atoms with Crippen LogP contribution in [0.25, 0.3) is 0 Å². The highest BCUT2D eigenvalue weighted by atomic mass is 15.3. The van der Waals surface area contributed by atoms with Crippen LogP contribution in [0.15, 0.2) is 12.7 Å². The first-order valence-corrected chi connectivity index (χ1v) is 7.42. The molecule has 0 aromatic carbocycles. The maximum atomic E-state index is 5.86. The third kappa shape index (κ3) is 3.81. The summed E-state index contributed by atoms with van der Waals surface area (Å²) < 4.78 is 0. The molecule has 0 spiro atoms. The number of rotatable bonds is 7. The highest BCUT2D eigenvalue weighted by molar-refractivity contribution is 4.99. The van der Waals surface area contributed by atoms with Crippen molar-refractivity contribution in [3.63, 3.8) is 0 Å². The number of nitrogens with zero attached hydrogens (tertiary/aromatic N) is 1. The Morgan fingerprint density at radius 1 is 1.28 bits per heavy atom. The highest BCUT2D eigenvalue weighted by Crippen LogP contribution is 2.35. The van der Waals surface area contributed by atoms with E-state index in [1.807, 2.05) is 6.08 Å². The quantitative estimate of drug-likeness (QED) is 0.241. The first kappa shape index (κ1) is 15.7. The molecular formula is C15H31N3. The predicted molar refractivity (Wildman–Crippen MR) is 79.3 cm³/mol. The van der Waals surface area contributed by atoms with Gasteiger partial charge in [-0.25, -0.2) is 0 Å². The molecule has 1 aliphatic carbocycles. The topological polar surface area (TPSA) is 41.3 Å². The molecule has 0 radical (unpaired) electrons. The number of nitrogens with two attached hydrogens (primary N) is 1. The van der Waals surface area contributed by atoms with E-state index in [1.165, 1.54) is 44.9 Å². The number of likely N-dealkylation sites (N-methyl/N-ethyl adjacent to an activating group) is 1. The first-order valence-electron chi connectivity index (χ1n) is 7.42. The molecule has 0 aromatic rings. The fourth-order valence-electron chi connectivity index (χ4n) is 3.42. The molecule has 106 valence electrons. The van der Waals surface area contributed by atoms with Crippen molar-refractivity contribution in [2.75, 3.05) is 14.1 Å². The maximum Gasteiger partial charge on any atom is 0.0394 e. The van der Waals surface area contributed by atoms with Crippen LogP contribution in [-0.2, 0) is 0 Å². The Labute approximate surface area is 113 Å². The maximum absolute atomic E-state index is 5.86. The van der Waals surface area contributed by atoms with E-state index in [2.05, 4.69) is 31.0 Å². The molecule has 3 heteroatoms. The SMILES string of the molecule is C=CCCCC(NN)C1(N(C)C)CCCCCC1. The van der Waals surface area contributed by atoms with E-state index >= 15 is 0 Å². The monoisotopic (exact) mass is 253 g/mol. The van der Waals surface area contributed by atoms with Crippen LogP contribution in [0, 0.1) is 0 Å². The summed E-state index contributed by atoms with van der Waals surface area (Å²) in [4.78, 5) is 2.41. The Hall–Kier alpha value is -0.380. The molecule has 0 saturated heterocycles. The van der Waals surface area contributed by atoms with E-state index in [-0.39, 0.29) is 5.54 Å². The van der Waals surface area contributed by atoms with Crippen molar-refractivity contribution in [2.24, 2.45) is 5.84 Å². The number of unbranched alkanes of at least 4 members (excludes halogenated alkanes) is 1. The molecular weight excluding hydrogens is 222 g/mol. The number of hydrogen-bond donors (Lipinski definition) is 2. The lowest BCUT2D eigenvalue weighted by Gasteiger charge is -2.45. The molecule has 0 amide bonds. The first-order chi connectivity index (χ1) is 8.67.